The van der Waals surface area contributed by atoms with Crippen LogP contribution in [0.4, 0.5) is 0 Å². The van der Waals surface area contributed by atoms with Crippen molar-refractivity contribution in [3.8, 4) is 17.2 Å². The number of nitrogens with one attached hydrogen (secondary N) is 2. The second-order valence-electron chi connectivity index (χ2n) is 7.11. The number of guanidine groups is 1. The second kappa shape index (κ2) is 12.4. The van der Waals surface area contributed by atoms with Gasteiger partial charge in [0.1, 0.15) is 5.75 Å². The van der Waals surface area contributed by atoms with E-state index < -0.39 is 0 Å². The number of benzene rings is 2. The molecule has 0 spiro atoms. The zero-order valence-corrected chi connectivity index (χ0v) is 21.3. The normalized spacial score (nSPS) is 12.9. The Morgan fingerprint density at radius 3 is 2.19 bits per heavy atom. The predicted molar refractivity (Wildman–Crippen MR) is 136 cm³/mol. The number of hydrogen-bond donors (Lipinski definition) is 2. The van der Waals surface area contributed by atoms with Crippen LogP contribution in [0.3, 0.4) is 0 Å². The lowest BCUT2D eigenvalue weighted by Crippen LogP contribution is -2.46. The smallest absolute Gasteiger partial charge is 0.251 e. The number of hydrogen-bond acceptors (Lipinski definition) is 5. The average molecular weight is 554 g/mol. The molecular formula is C23H31IN4O4. The maximum atomic E-state index is 12.3. The molecule has 0 aromatic heterocycles. The third kappa shape index (κ3) is 6.18. The number of carbonyl (C=O) groups excluding carboxylic acids is 1. The maximum Gasteiger partial charge on any atom is 0.251 e. The van der Waals surface area contributed by atoms with Crippen molar-refractivity contribution in [1.82, 2.24) is 15.5 Å². The van der Waals surface area contributed by atoms with Gasteiger partial charge in [0.05, 0.1) is 21.3 Å². The molecule has 174 valence electrons. The molecule has 1 amide bonds. The molecule has 0 fully saturated rings. The van der Waals surface area contributed by atoms with E-state index in [0.29, 0.717) is 18.7 Å². The number of amides is 1. The largest absolute Gasteiger partial charge is 0.497 e. The molecule has 0 saturated carbocycles. The molecule has 9 heteroatoms. The molecule has 8 nitrogen and oxygen atoms in total. The van der Waals surface area contributed by atoms with Gasteiger partial charge in [0.15, 0.2) is 17.5 Å². The van der Waals surface area contributed by atoms with Gasteiger partial charge in [-0.15, -0.1) is 24.0 Å². The molecule has 0 bridgehead atoms. The van der Waals surface area contributed by atoms with Crippen LogP contribution >= 0.6 is 24.0 Å². The van der Waals surface area contributed by atoms with Gasteiger partial charge in [-0.3, -0.25) is 9.79 Å². The molecular weight excluding hydrogens is 523 g/mol. The summed E-state index contributed by atoms with van der Waals surface area (Å²) in [6.07, 6.45) is 0.893. The van der Waals surface area contributed by atoms with Gasteiger partial charge < -0.3 is 29.7 Å². The van der Waals surface area contributed by atoms with Crippen LogP contribution in [-0.2, 0) is 13.0 Å². The summed E-state index contributed by atoms with van der Waals surface area (Å²) in [6, 6.07) is 11.1. The Balaban J connectivity index is 0.00000363. The summed E-state index contributed by atoms with van der Waals surface area (Å²) in [7, 11) is 6.66. The highest BCUT2D eigenvalue weighted by Crippen LogP contribution is 2.33. The Bertz CT molecular complexity index is 934. The number of aliphatic imine (C=N–C) groups is 1. The van der Waals surface area contributed by atoms with E-state index in [1.54, 1.807) is 52.6 Å². The first-order chi connectivity index (χ1) is 15.1. The van der Waals surface area contributed by atoms with E-state index in [4.69, 9.17) is 14.2 Å². The van der Waals surface area contributed by atoms with Crippen molar-refractivity contribution in [3.63, 3.8) is 0 Å². The van der Waals surface area contributed by atoms with Crippen molar-refractivity contribution in [2.24, 2.45) is 4.99 Å². The summed E-state index contributed by atoms with van der Waals surface area (Å²) in [5.74, 6) is 2.89. The van der Waals surface area contributed by atoms with Crippen molar-refractivity contribution in [3.05, 3.63) is 53.1 Å². The average Bonchev–Trinajstić information content (AvgIpc) is 2.82. The minimum Gasteiger partial charge on any atom is -0.497 e. The lowest BCUT2D eigenvalue weighted by Gasteiger charge is -2.32. The molecule has 1 heterocycles. The van der Waals surface area contributed by atoms with Crippen LogP contribution in [0, 0.1) is 0 Å². The summed E-state index contributed by atoms with van der Waals surface area (Å²) >= 11 is 0. The van der Waals surface area contributed by atoms with Gasteiger partial charge in [-0.1, -0.05) is 0 Å². The fraction of sp³-hybridized carbons (Fsp3) is 0.391. The maximum absolute atomic E-state index is 12.3. The third-order valence-electron chi connectivity index (χ3n) is 5.28. The van der Waals surface area contributed by atoms with Crippen LogP contribution < -0.4 is 24.8 Å². The van der Waals surface area contributed by atoms with Crippen LogP contribution in [0.25, 0.3) is 0 Å². The van der Waals surface area contributed by atoms with Crippen LogP contribution in [0.5, 0.6) is 17.2 Å². The Morgan fingerprint density at radius 1 is 0.969 bits per heavy atom. The Kier molecular flexibility index (Phi) is 9.89. The van der Waals surface area contributed by atoms with Gasteiger partial charge in [0.2, 0.25) is 0 Å². The van der Waals surface area contributed by atoms with Gasteiger partial charge in [-0.25, -0.2) is 0 Å². The van der Waals surface area contributed by atoms with Gasteiger partial charge in [0.25, 0.3) is 5.91 Å². The number of rotatable bonds is 7. The molecule has 0 unspecified atom stereocenters. The fourth-order valence-electron chi connectivity index (χ4n) is 3.59. The summed E-state index contributed by atoms with van der Waals surface area (Å²) in [4.78, 5) is 18.9. The van der Waals surface area contributed by atoms with Crippen molar-refractivity contribution < 1.29 is 19.0 Å². The first kappa shape index (κ1) is 25.6. The molecule has 1 aliphatic heterocycles. The standard InChI is InChI=1S/C23H30N4O4.HI/c1-24-23(26-11-10-25-22(28)16-5-7-19(29-2)8-6-16)27-12-9-17-13-20(30-3)21(31-4)14-18(17)15-27;/h5-8,13-14H,9-12,15H2,1-4H3,(H,24,26)(H,25,28);1H. The minimum atomic E-state index is -0.118. The number of carbonyl (C=O) groups is 1. The molecule has 32 heavy (non-hydrogen) atoms. The van der Waals surface area contributed by atoms with Crippen LogP contribution in [0.2, 0.25) is 0 Å². The van der Waals surface area contributed by atoms with Crippen molar-refractivity contribution in [2.75, 3.05) is 48.0 Å². The highest BCUT2D eigenvalue weighted by molar-refractivity contribution is 14.0. The number of halogens is 1. The van der Waals surface area contributed by atoms with E-state index in [0.717, 1.165) is 42.7 Å². The van der Waals surface area contributed by atoms with Gasteiger partial charge in [0, 0.05) is 38.8 Å². The first-order valence-corrected chi connectivity index (χ1v) is 10.2. The number of ether oxygens (including phenoxy) is 3. The highest BCUT2D eigenvalue weighted by Gasteiger charge is 2.21. The topological polar surface area (TPSA) is 84.4 Å². The summed E-state index contributed by atoms with van der Waals surface area (Å²) < 4.78 is 16.0. The molecule has 0 saturated heterocycles. The van der Waals surface area contributed by atoms with Gasteiger partial charge >= 0.3 is 0 Å². The molecule has 3 rings (SSSR count). The Labute approximate surface area is 206 Å². The second-order valence-corrected chi connectivity index (χ2v) is 7.11. The molecule has 1 aliphatic rings. The van der Waals surface area contributed by atoms with E-state index >= 15 is 0 Å². The number of methoxy groups -OCH3 is 3. The van der Waals surface area contributed by atoms with E-state index in [-0.39, 0.29) is 29.9 Å². The van der Waals surface area contributed by atoms with E-state index in [9.17, 15) is 4.79 Å². The lowest BCUT2D eigenvalue weighted by molar-refractivity contribution is 0.0954. The van der Waals surface area contributed by atoms with Crippen LogP contribution in [0.15, 0.2) is 41.4 Å². The SMILES string of the molecule is CN=C(NCCNC(=O)c1ccc(OC)cc1)N1CCc2cc(OC)c(OC)cc2C1.I. The monoisotopic (exact) mass is 554 g/mol. The Hall–Kier alpha value is -2.69. The first-order valence-electron chi connectivity index (χ1n) is 10.2. The molecule has 0 atom stereocenters. The zero-order chi connectivity index (χ0) is 22.2. The highest BCUT2D eigenvalue weighted by atomic mass is 127. The lowest BCUT2D eigenvalue weighted by atomic mass is 9.99. The molecule has 0 aliphatic carbocycles. The van der Waals surface area contributed by atoms with Crippen molar-refractivity contribution in [1.29, 1.82) is 0 Å². The number of fused-ring (bicyclic) bond motifs is 1. The molecule has 2 aromatic rings. The van der Waals surface area contributed by atoms with E-state index in [1.165, 1.54) is 11.1 Å². The fourth-order valence-corrected chi connectivity index (χ4v) is 3.59. The van der Waals surface area contributed by atoms with E-state index in [2.05, 4.69) is 26.6 Å². The molecule has 2 N–H and O–H groups in total. The minimum absolute atomic E-state index is 0. The quantitative estimate of drug-likeness (QED) is 0.237. The Morgan fingerprint density at radius 2 is 1.59 bits per heavy atom. The van der Waals surface area contributed by atoms with Crippen LogP contribution in [0.1, 0.15) is 21.5 Å². The third-order valence-corrected chi connectivity index (χ3v) is 5.28. The summed E-state index contributed by atoms with van der Waals surface area (Å²) in [6.45, 7) is 2.64. The predicted octanol–water partition coefficient (Wildman–Crippen LogP) is 2.69. The van der Waals surface area contributed by atoms with Crippen molar-refractivity contribution in [2.45, 2.75) is 13.0 Å². The van der Waals surface area contributed by atoms with Crippen LogP contribution in [-0.4, -0.2) is 64.8 Å². The zero-order valence-electron chi connectivity index (χ0n) is 18.9. The summed E-state index contributed by atoms with van der Waals surface area (Å²) in [5, 5.41) is 6.25. The molecule has 0 radical (unpaired) electrons. The van der Waals surface area contributed by atoms with E-state index in [1.807, 2.05) is 6.07 Å². The number of nitrogens with zero attached hydrogens (tertiary/aromatic N) is 2. The summed E-state index contributed by atoms with van der Waals surface area (Å²) in [5.41, 5.74) is 3.05. The van der Waals surface area contributed by atoms with Gasteiger partial charge in [-0.2, -0.15) is 0 Å². The molecule has 2 aromatic carbocycles. The van der Waals surface area contributed by atoms with Crippen molar-refractivity contribution >= 4 is 35.8 Å². The van der Waals surface area contributed by atoms with Gasteiger partial charge in [-0.05, 0) is 53.9 Å².